The first kappa shape index (κ1) is 16.3. The molecule has 2 aromatic rings. The minimum atomic E-state index is -0.948. The van der Waals surface area contributed by atoms with Crippen LogP contribution in [0.15, 0.2) is 30.3 Å². The number of amides is 1. The van der Waals surface area contributed by atoms with Crippen molar-refractivity contribution in [2.45, 2.75) is 62.5 Å². The molecule has 0 atom stereocenters. The van der Waals surface area contributed by atoms with Gasteiger partial charge in [0.2, 0.25) is 5.91 Å². The number of hydrogen-bond acceptors (Lipinski definition) is 4. The molecule has 2 fully saturated rings. The quantitative estimate of drug-likeness (QED) is 0.836. The van der Waals surface area contributed by atoms with Gasteiger partial charge in [0, 0.05) is 0 Å². The van der Waals surface area contributed by atoms with E-state index in [1.165, 1.54) is 5.56 Å². The van der Waals surface area contributed by atoms with Gasteiger partial charge >= 0.3 is 0 Å². The first-order chi connectivity index (χ1) is 11.8. The number of carbonyl (C=O) groups is 1. The normalized spacial score (nSPS) is 20.3. The average Bonchev–Trinajstić information content (AvgIpc) is 3.46. The summed E-state index contributed by atoms with van der Waals surface area (Å²) in [4.78, 5) is 16.8. The van der Waals surface area contributed by atoms with Crippen LogP contribution in [-0.4, -0.2) is 31.4 Å². The van der Waals surface area contributed by atoms with E-state index in [0.29, 0.717) is 18.7 Å². The van der Waals surface area contributed by atoms with Gasteiger partial charge in [0.15, 0.2) is 5.82 Å². The lowest BCUT2D eigenvalue weighted by atomic mass is 9.95. The van der Waals surface area contributed by atoms with E-state index in [1.54, 1.807) is 18.5 Å². The number of benzene rings is 1. The Kier molecular flexibility index (Phi) is 3.35. The number of carbonyl (C=O) groups excluding carboxylic acids is 1. The zero-order valence-electron chi connectivity index (χ0n) is 14.7. The Balaban J connectivity index is 1.79. The minimum Gasteiger partial charge on any atom is -0.389 e. The highest BCUT2D eigenvalue weighted by atomic mass is 16.3. The van der Waals surface area contributed by atoms with E-state index in [-0.39, 0.29) is 17.9 Å². The van der Waals surface area contributed by atoms with Gasteiger partial charge in [-0.25, -0.2) is 9.67 Å². The van der Waals surface area contributed by atoms with Crippen LogP contribution in [-0.2, 0) is 22.2 Å². The summed E-state index contributed by atoms with van der Waals surface area (Å²) in [6, 6.07) is 10.2. The highest BCUT2D eigenvalue weighted by Crippen LogP contribution is 2.54. The maximum Gasteiger partial charge on any atom is 0.231 e. The molecule has 2 aliphatic rings. The van der Waals surface area contributed by atoms with E-state index in [2.05, 4.69) is 12.1 Å². The zero-order chi connectivity index (χ0) is 17.9. The van der Waals surface area contributed by atoms with Gasteiger partial charge in [0.05, 0.1) is 17.6 Å². The standard InChI is InChI=1S/C19H24N4O2/c1-17(2,25)12-23-16(19(10-11-19)14(20)24)21-15(22-23)18(8-9-18)13-6-4-3-5-7-13/h3-7,25H,8-12H2,1-2H3,(H2,20,24). The third-order valence-corrected chi connectivity index (χ3v) is 5.36. The van der Waals surface area contributed by atoms with E-state index in [1.807, 2.05) is 18.2 Å². The number of aliphatic hydroxyl groups is 1. The van der Waals surface area contributed by atoms with Crippen LogP contribution in [0.25, 0.3) is 0 Å². The Morgan fingerprint density at radius 3 is 2.36 bits per heavy atom. The summed E-state index contributed by atoms with van der Waals surface area (Å²) in [6.07, 6.45) is 3.38. The van der Waals surface area contributed by atoms with Crippen LogP contribution in [0.5, 0.6) is 0 Å². The Bertz CT molecular complexity index is 812. The van der Waals surface area contributed by atoms with Crippen molar-refractivity contribution in [3.05, 3.63) is 47.5 Å². The Labute approximate surface area is 147 Å². The van der Waals surface area contributed by atoms with E-state index in [0.717, 1.165) is 18.7 Å². The topological polar surface area (TPSA) is 94.0 Å². The Hall–Kier alpha value is -2.21. The molecule has 0 unspecified atom stereocenters. The molecule has 132 valence electrons. The second kappa shape index (κ2) is 5.14. The largest absolute Gasteiger partial charge is 0.389 e. The van der Waals surface area contributed by atoms with Crippen molar-refractivity contribution >= 4 is 5.91 Å². The smallest absolute Gasteiger partial charge is 0.231 e. The molecule has 0 bridgehead atoms. The summed E-state index contributed by atoms with van der Waals surface area (Å²) in [5.41, 5.74) is 5.02. The molecule has 25 heavy (non-hydrogen) atoms. The van der Waals surface area contributed by atoms with Crippen molar-refractivity contribution in [1.82, 2.24) is 14.8 Å². The summed E-state index contributed by atoms with van der Waals surface area (Å²) < 4.78 is 1.70. The lowest BCUT2D eigenvalue weighted by Gasteiger charge is -2.20. The van der Waals surface area contributed by atoms with Crippen molar-refractivity contribution in [3.8, 4) is 0 Å². The molecule has 3 N–H and O–H groups in total. The SMILES string of the molecule is CC(C)(O)Cn1nc(C2(c3ccccc3)CC2)nc1C1(C(N)=O)CC1. The average molecular weight is 340 g/mol. The monoisotopic (exact) mass is 340 g/mol. The molecule has 1 amide bonds. The van der Waals surface area contributed by atoms with Crippen molar-refractivity contribution in [2.24, 2.45) is 5.73 Å². The number of primary amides is 1. The van der Waals surface area contributed by atoms with Crippen LogP contribution >= 0.6 is 0 Å². The maximum atomic E-state index is 12.0. The lowest BCUT2D eigenvalue weighted by Crippen LogP contribution is -2.35. The first-order valence-corrected chi connectivity index (χ1v) is 8.81. The number of nitrogens with two attached hydrogens (primary N) is 1. The third-order valence-electron chi connectivity index (χ3n) is 5.36. The molecule has 2 aliphatic carbocycles. The van der Waals surface area contributed by atoms with Crippen LogP contribution in [0.1, 0.15) is 56.7 Å². The highest BCUT2D eigenvalue weighted by Gasteiger charge is 2.56. The second-order valence-corrected chi connectivity index (χ2v) is 8.12. The molecular weight excluding hydrogens is 316 g/mol. The molecular formula is C19H24N4O2. The molecule has 6 heteroatoms. The number of aromatic nitrogens is 3. The Morgan fingerprint density at radius 1 is 1.24 bits per heavy atom. The summed E-state index contributed by atoms with van der Waals surface area (Å²) in [7, 11) is 0. The molecule has 6 nitrogen and oxygen atoms in total. The highest BCUT2D eigenvalue weighted by molar-refractivity contribution is 5.88. The second-order valence-electron chi connectivity index (χ2n) is 8.12. The van der Waals surface area contributed by atoms with Gasteiger partial charge in [-0.05, 0) is 45.1 Å². The van der Waals surface area contributed by atoms with Gasteiger partial charge < -0.3 is 10.8 Å². The molecule has 4 rings (SSSR count). The molecule has 0 radical (unpaired) electrons. The van der Waals surface area contributed by atoms with Gasteiger partial charge in [0.1, 0.15) is 11.2 Å². The van der Waals surface area contributed by atoms with Crippen molar-refractivity contribution in [1.29, 1.82) is 0 Å². The van der Waals surface area contributed by atoms with Crippen molar-refractivity contribution < 1.29 is 9.90 Å². The zero-order valence-corrected chi connectivity index (χ0v) is 14.7. The van der Waals surface area contributed by atoms with E-state index >= 15 is 0 Å². The molecule has 0 spiro atoms. The molecule has 1 aromatic heterocycles. The van der Waals surface area contributed by atoms with Crippen LogP contribution in [0.3, 0.4) is 0 Å². The number of rotatable bonds is 6. The fourth-order valence-corrected chi connectivity index (χ4v) is 3.60. The van der Waals surface area contributed by atoms with Gasteiger partial charge in [0.25, 0.3) is 0 Å². The van der Waals surface area contributed by atoms with Crippen molar-refractivity contribution in [3.63, 3.8) is 0 Å². The summed E-state index contributed by atoms with van der Waals surface area (Å²) in [5.74, 6) is 0.998. The molecule has 0 aliphatic heterocycles. The van der Waals surface area contributed by atoms with E-state index in [9.17, 15) is 9.90 Å². The predicted octanol–water partition coefficient (Wildman–Crippen LogP) is 1.65. The maximum absolute atomic E-state index is 12.0. The third kappa shape index (κ3) is 2.65. The molecule has 1 aromatic carbocycles. The van der Waals surface area contributed by atoms with Gasteiger partial charge in [-0.3, -0.25) is 4.79 Å². The van der Waals surface area contributed by atoms with Gasteiger partial charge in [-0.15, -0.1) is 0 Å². The fraction of sp³-hybridized carbons (Fsp3) is 0.526. The summed E-state index contributed by atoms with van der Waals surface area (Å²) in [6.45, 7) is 3.74. The van der Waals surface area contributed by atoms with Crippen LogP contribution in [0, 0.1) is 0 Å². The van der Waals surface area contributed by atoms with E-state index in [4.69, 9.17) is 15.8 Å². The van der Waals surface area contributed by atoms with Crippen LogP contribution in [0.4, 0.5) is 0 Å². The minimum absolute atomic E-state index is 0.172. The van der Waals surface area contributed by atoms with E-state index < -0.39 is 11.0 Å². The molecule has 0 saturated heterocycles. The predicted molar refractivity (Wildman–Crippen MR) is 92.9 cm³/mol. The lowest BCUT2D eigenvalue weighted by molar-refractivity contribution is -0.120. The summed E-state index contributed by atoms with van der Waals surface area (Å²) in [5, 5.41) is 15.0. The Morgan fingerprint density at radius 2 is 1.88 bits per heavy atom. The summed E-state index contributed by atoms with van der Waals surface area (Å²) >= 11 is 0. The fourth-order valence-electron chi connectivity index (χ4n) is 3.60. The van der Waals surface area contributed by atoms with Crippen LogP contribution < -0.4 is 5.73 Å². The first-order valence-electron chi connectivity index (χ1n) is 8.81. The van der Waals surface area contributed by atoms with Crippen molar-refractivity contribution in [2.75, 3.05) is 0 Å². The molecule has 2 saturated carbocycles. The van der Waals surface area contributed by atoms with Gasteiger partial charge in [-0.1, -0.05) is 30.3 Å². The molecule has 1 heterocycles. The number of hydrogen-bond donors (Lipinski definition) is 2. The number of nitrogens with zero attached hydrogens (tertiary/aromatic N) is 3. The van der Waals surface area contributed by atoms with Gasteiger partial charge in [-0.2, -0.15) is 5.10 Å². The van der Waals surface area contributed by atoms with Crippen LogP contribution in [0.2, 0.25) is 0 Å².